The third kappa shape index (κ3) is 3.19. The summed E-state index contributed by atoms with van der Waals surface area (Å²) in [4.78, 5) is 9.08. The van der Waals surface area contributed by atoms with Gasteiger partial charge >= 0.3 is 0 Å². The molecule has 1 saturated heterocycles. The van der Waals surface area contributed by atoms with Gasteiger partial charge in [-0.3, -0.25) is 4.90 Å². The van der Waals surface area contributed by atoms with E-state index in [-0.39, 0.29) is 17.9 Å². The van der Waals surface area contributed by atoms with Crippen molar-refractivity contribution in [3.05, 3.63) is 11.7 Å². The highest BCUT2D eigenvalue weighted by molar-refractivity contribution is 5.03. The Hall–Kier alpha value is -0.980. The summed E-state index contributed by atoms with van der Waals surface area (Å²) < 4.78 is 5.42. The lowest BCUT2D eigenvalue weighted by Gasteiger charge is -2.35. The first-order valence-corrected chi connectivity index (χ1v) is 7.30. The van der Waals surface area contributed by atoms with E-state index in [0.29, 0.717) is 5.89 Å². The van der Waals surface area contributed by atoms with Gasteiger partial charge in [0.1, 0.15) is 0 Å². The highest BCUT2D eigenvalue weighted by Crippen LogP contribution is 2.29. The number of aliphatic hydroxyl groups excluding tert-OH is 1. The van der Waals surface area contributed by atoms with Crippen LogP contribution in [0, 0.1) is 5.92 Å². The van der Waals surface area contributed by atoms with Crippen LogP contribution >= 0.6 is 0 Å². The zero-order valence-corrected chi connectivity index (χ0v) is 13.1. The van der Waals surface area contributed by atoms with Gasteiger partial charge in [0.05, 0.1) is 18.1 Å². The highest BCUT2D eigenvalue weighted by atomic mass is 16.5. The first kappa shape index (κ1) is 15.4. The summed E-state index contributed by atoms with van der Waals surface area (Å²) >= 11 is 0. The smallest absolute Gasteiger partial charge is 0.232 e. The number of hydrogen-bond acceptors (Lipinski definition) is 6. The molecule has 0 saturated carbocycles. The van der Waals surface area contributed by atoms with E-state index in [4.69, 9.17) is 4.52 Å². The Morgan fingerprint density at radius 3 is 2.55 bits per heavy atom. The molecule has 0 amide bonds. The molecule has 6 nitrogen and oxygen atoms in total. The monoisotopic (exact) mass is 282 g/mol. The fraction of sp³-hybridized carbons (Fsp3) is 0.857. The topological polar surface area (TPSA) is 65.6 Å². The molecule has 0 spiro atoms. The van der Waals surface area contributed by atoms with Crippen LogP contribution in [-0.4, -0.2) is 64.9 Å². The molecule has 0 bridgehead atoms. The minimum absolute atomic E-state index is 0.108. The van der Waals surface area contributed by atoms with Crippen LogP contribution in [0.15, 0.2) is 4.52 Å². The molecular formula is C14H26N4O2. The third-order valence-corrected chi connectivity index (χ3v) is 4.13. The van der Waals surface area contributed by atoms with Crippen molar-refractivity contribution in [2.75, 3.05) is 33.7 Å². The van der Waals surface area contributed by atoms with Crippen molar-refractivity contribution in [3.63, 3.8) is 0 Å². The van der Waals surface area contributed by atoms with E-state index in [9.17, 15) is 5.11 Å². The lowest BCUT2D eigenvalue weighted by atomic mass is 9.91. The maximum absolute atomic E-state index is 9.90. The molecule has 1 aromatic rings. The standard InChI is InChI=1S/C14H26N4O2/c1-9(2)12(10(3)19)14-15-13(16-20-14)11-8-17(4)6-7-18(11)5/h9-12,19H,6-8H2,1-5H3. The van der Waals surface area contributed by atoms with Crippen molar-refractivity contribution in [2.24, 2.45) is 5.92 Å². The van der Waals surface area contributed by atoms with Crippen LogP contribution < -0.4 is 0 Å². The fourth-order valence-electron chi connectivity index (χ4n) is 2.86. The summed E-state index contributed by atoms with van der Waals surface area (Å²) in [5, 5.41) is 14.0. The number of nitrogens with zero attached hydrogens (tertiary/aromatic N) is 4. The Balaban J connectivity index is 2.19. The van der Waals surface area contributed by atoms with Gasteiger partial charge in [-0.1, -0.05) is 19.0 Å². The van der Waals surface area contributed by atoms with E-state index >= 15 is 0 Å². The van der Waals surface area contributed by atoms with Gasteiger partial charge in [-0.2, -0.15) is 4.98 Å². The molecule has 0 radical (unpaired) electrons. The van der Waals surface area contributed by atoms with Gasteiger partial charge in [-0.05, 0) is 26.9 Å². The Morgan fingerprint density at radius 1 is 1.25 bits per heavy atom. The zero-order valence-electron chi connectivity index (χ0n) is 13.1. The summed E-state index contributed by atoms with van der Waals surface area (Å²) in [5.41, 5.74) is 0. The van der Waals surface area contributed by atoms with Gasteiger partial charge in [0, 0.05) is 19.6 Å². The number of aromatic nitrogens is 2. The maximum atomic E-state index is 9.90. The Morgan fingerprint density at radius 2 is 1.95 bits per heavy atom. The number of aliphatic hydroxyl groups is 1. The van der Waals surface area contributed by atoms with Gasteiger partial charge in [-0.25, -0.2) is 0 Å². The molecule has 1 aromatic heterocycles. The quantitative estimate of drug-likeness (QED) is 0.892. The van der Waals surface area contributed by atoms with Crippen molar-refractivity contribution in [3.8, 4) is 0 Å². The van der Waals surface area contributed by atoms with Crippen LogP contribution in [-0.2, 0) is 0 Å². The summed E-state index contributed by atoms with van der Waals surface area (Å²) in [6.45, 7) is 8.84. The van der Waals surface area contributed by atoms with Crippen LogP contribution in [0.5, 0.6) is 0 Å². The van der Waals surface area contributed by atoms with Gasteiger partial charge in [0.25, 0.3) is 0 Å². The third-order valence-electron chi connectivity index (χ3n) is 4.13. The fourth-order valence-corrected chi connectivity index (χ4v) is 2.86. The normalized spacial score (nSPS) is 25.1. The predicted molar refractivity (Wildman–Crippen MR) is 76.4 cm³/mol. The molecule has 0 aromatic carbocycles. The molecule has 1 N–H and O–H groups in total. The molecule has 1 aliphatic heterocycles. The van der Waals surface area contributed by atoms with E-state index in [2.05, 4.69) is 47.9 Å². The van der Waals surface area contributed by atoms with Crippen molar-refractivity contribution in [1.29, 1.82) is 0 Å². The predicted octanol–water partition coefficient (Wildman–Crippen LogP) is 1.11. The van der Waals surface area contributed by atoms with E-state index in [1.807, 2.05) is 0 Å². The summed E-state index contributed by atoms with van der Waals surface area (Å²) in [7, 11) is 4.19. The number of hydrogen-bond donors (Lipinski definition) is 1. The molecule has 3 unspecified atom stereocenters. The first-order valence-electron chi connectivity index (χ1n) is 7.30. The van der Waals surface area contributed by atoms with Gasteiger partial charge in [0.15, 0.2) is 5.82 Å². The molecule has 3 atom stereocenters. The summed E-state index contributed by atoms with van der Waals surface area (Å²) in [6, 6.07) is 0.160. The lowest BCUT2D eigenvalue weighted by Crippen LogP contribution is -2.45. The minimum Gasteiger partial charge on any atom is -0.393 e. The van der Waals surface area contributed by atoms with E-state index in [1.54, 1.807) is 6.92 Å². The Bertz CT molecular complexity index is 425. The van der Waals surface area contributed by atoms with Gasteiger partial charge in [0.2, 0.25) is 5.89 Å². The number of likely N-dealkylation sites (N-methyl/N-ethyl adjacent to an activating group) is 2. The Labute approximate surface area is 120 Å². The SMILES string of the molecule is CC(C)C(c1nc(C2CN(C)CCN2C)no1)C(C)O. The van der Waals surface area contributed by atoms with Crippen molar-refractivity contribution < 1.29 is 9.63 Å². The van der Waals surface area contributed by atoms with E-state index < -0.39 is 6.10 Å². The molecule has 2 heterocycles. The average molecular weight is 282 g/mol. The number of piperazine rings is 1. The molecule has 114 valence electrons. The van der Waals surface area contributed by atoms with Crippen LogP contribution in [0.3, 0.4) is 0 Å². The molecule has 1 aliphatic rings. The largest absolute Gasteiger partial charge is 0.393 e. The van der Waals surface area contributed by atoms with Crippen LogP contribution in [0.2, 0.25) is 0 Å². The molecule has 0 aliphatic carbocycles. The average Bonchev–Trinajstić information content (AvgIpc) is 2.80. The molecular weight excluding hydrogens is 256 g/mol. The van der Waals surface area contributed by atoms with Crippen LogP contribution in [0.25, 0.3) is 0 Å². The molecule has 1 fully saturated rings. The number of rotatable bonds is 4. The van der Waals surface area contributed by atoms with E-state index in [1.165, 1.54) is 0 Å². The second kappa shape index (κ2) is 6.20. The summed E-state index contributed by atoms with van der Waals surface area (Å²) in [6.07, 6.45) is -0.491. The van der Waals surface area contributed by atoms with Crippen molar-refractivity contribution in [2.45, 2.75) is 38.8 Å². The Kier molecular flexibility index (Phi) is 4.78. The van der Waals surface area contributed by atoms with Crippen molar-refractivity contribution in [1.82, 2.24) is 19.9 Å². The van der Waals surface area contributed by atoms with Gasteiger partial charge < -0.3 is 14.5 Å². The van der Waals surface area contributed by atoms with Crippen LogP contribution in [0.4, 0.5) is 0 Å². The van der Waals surface area contributed by atoms with Crippen molar-refractivity contribution >= 4 is 0 Å². The molecule has 2 rings (SSSR count). The molecule has 6 heteroatoms. The van der Waals surface area contributed by atoms with Gasteiger partial charge in [-0.15, -0.1) is 0 Å². The highest BCUT2D eigenvalue weighted by Gasteiger charge is 2.31. The van der Waals surface area contributed by atoms with Crippen LogP contribution in [0.1, 0.15) is 44.4 Å². The molecule has 20 heavy (non-hydrogen) atoms. The summed E-state index contributed by atoms with van der Waals surface area (Å²) in [5.74, 6) is 1.42. The lowest BCUT2D eigenvalue weighted by molar-refractivity contribution is 0.107. The minimum atomic E-state index is -0.491. The zero-order chi connectivity index (χ0) is 14.9. The van der Waals surface area contributed by atoms with E-state index in [0.717, 1.165) is 25.5 Å². The first-order chi connectivity index (χ1) is 9.40. The second-order valence-corrected chi connectivity index (χ2v) is 6.26. The maximum Gasteiger partial charge on any atom is 0.232 e. The second-order valence-electron chi connectivity index (χ2n) is 6.26.